The van der Waals surface area contributed by atoms with Gasteiger partial charge in [-0.15, -0.1) is 16.4 Å². The van der Waals surface area contributed by atoms with Crippen LogP contribution < -0.4 is 0 Å². The zero-order valence-corrected chi connectivity index (χ0v) is 16.6. The molecular weight excluding hydrogens is 376 g/mol. The van der Waals surface area contributed by atoms with Gasteiger partial charge in [-0.3, -0.25) is 4.90 Å². The maximum absolute atomic E-state index is 10.9. The van der Waals surface area contributed by atoms with Crippen LogP contribution in [0.15, 0.2) is 41.8 Å². The van der Waals surface area contributed by atoms with Crippen LogP contribution in [0.1, 0.15) is 39.7 Å². The minimum Gasteiger partial charge on any atom is -0.492 e. The van der Waals surface area contributed by atoms with Crippen molar-refractivity contribution in [3.8, 4) is 5.88 Å². The molecule has 138 valence electrons. The van der Waals surface area contributed by atoms with Crippen molar-refractivity contribution >= 4 is 27.6 Å². The molecule has 0 saturated heterocycles. The second-order valence-electron chi connectivity index (χ2n) is 6.77. The Morgan fingerprint density at radius 3 is 2.78 bits per heavy atom. The van der Waals surface area contributed by atoms with E-state index in [9.17, 15) is 5.11 Å². The molecule has 0 radical (unpaired) electrons. The van der Waals surface area contributed by atoms with Crippen molar-refractivity contribution in [2.45, 2.75) is 32.4 Å². The smallest absolute Gasteiger partial charge is 0.230 e. The predicted octanol–water partition coefficient (Wildman–Crippen LogP) is 4.27. The standard InChI is InChI=1S/C20H20N4OS2/c1-2-16-21-20-24(22-16)19(25)18(27-20)17(15-8-5-11-26-15)23-10-9-13-6-3-4-7-14(13)12-23/h3-8,11,17,25H,2,9-10,12H2,1H3/t17-/m0/s1. The second-order valence-corrected chi connectivity index (χ2v) is 8.76. The van der Waals surface area contributed by atoms with Gasteiger partial charge < -0.3 is 5.11 Å². The number of aromatic hydroxyl groups is 1. The molecule has 0 saturated carbocycles. The maximum Gasteiger partial charge on any atom is 0.230 e. The van der Waals surface area contributed by atoms with Crippen LogP contribution in [-0.4, -0.2) is 31.1 Å². The lowest BCUT2D eigenvalue weighted by atomic mass is 9.98. The molecule has 5 nitrogen and oxygen atoms in total. The van der Waals surface area contributed by atoms with E-state index < -0.39 is 0 Å². The van der Waals surface area contributed by atoms with Gasteiger partial charge in [0.2, 0.25) is 10.8 Å². The molecule has 27 heavy (non-hydrogen) atoms. The van der Waals surface area contributed by atoms with Gasteiger partial charge in [0.05, 0.1) is 10.9 Å². The third kappa shape index (κ3) is 2.86. The van der Waals surface area contributed by atoms with Crippen molar-refractivity contribution in [3.05, 3.63) is 68.5 Å². The van der Waals surface area contributed by atoms with Crippen LogP contribution >= 0.6 is 22.7 Å². The number of fused-ring (bicyclic) bond motifs is 2. The number of hydrogen-bond acceptors (Lipinski definition) is 6. The van der Waals surface area contributed by atoms with Crippen LogP contribution in [0.5, 0.6) is 5.88 Å². The molecule has 1 atom stereocenters. The molecule has 1 N–H and O–H groups in total. The summed E-state index contributed by atoms with van der Waals surface area (Å²) in [7, 11) is 0. The molecule has 7 heteroatoms. The Kier molecular flexibility index (Phi) is 4.22. The average Bonchev–Trinajstić information content (AvgIpc) is 3.42. The molecule has 0 unspecified atom stereocenters. The molecule has 0 fully saturated rings. The lowest BCUT2D eigenvalue weighted by molar-refractivity contribution is 0.208. The first-order valence-electron chi connectivity index (χ1n) is 9.16. The minimum absolute atomic E-state index is 0.0249. The Labute approximate surface area is 165 Å². The zero-order chi connectivity index (χ0) is 18.4. The van der Waals surface area contributed by atoms with Crippen molar-refractivity contribution in [3.63, 3.8) is 0 Å². The summed E-state index contributed by atoms with van der Waals surface area (Å²) in [4.78, 5) is 9.94. The fourth-order valence-electron chi connectivity index (χ4n) is 3.78. The van der Waals surface area contributed by atoms with Gasteiger partial charge in [-0.1, -0.05) is 48.6 Å². The SMILES string of the molecule is CCc1nc2sc([C@H](c3cccs3)N3CCc4ccccc4C3)c(O)n2n1. The number of hydrogen-bond donors (Lipinski definition) is 1. The number of aromatic nitrogens is 3. The molecule has 5 rings (SSSR count). The summed E-state index contributed by atoms with van der Waals surface area (Å²) < 4.78 is 1.59. The van der Waals surface area contributed by atoms with E-state index in [1.54, 1.807) is 27.2 Å². The molecule has 0 spiro atoms. The number of rotatable bonds is 4. The molecule has 0 bridgehead atoms. The van der Waals surface area contributed by atoms with Gasteiger partial charge in [-0.05, 0) is 29.0 Å². The van der Waals surface area contributed by atoms with E-state index in [0.29, 0.717) is 0 Å². The maximum atomic E-state index is 10.9. The Morgan fingerprint density at radius 2 is 2.04 bits per heavy atom. The molecule has 1 aliphatic heterocycles. The van der Waals surface area contributed by atoms with Gasteiger partial charge >= 0.3 is 0 Å². The van der Waals surface area contributed by atoms with E-state index in [1.165, 1.54) is 16.0 Å². The van der Waals surface area contributed by atoms with E-state index in [1.807, 2.05) is 6.92 Å². The predicted molar refractivity (Wildman–Crippen MR) is 109 cm³/mol. The molecule has 4 aromatic rings. The first-order chi connectivity index (χ1) is 13.2. The van der Waals surface area contributed by atoms with Gasteiger partial charge in [0.1, 0.15) is 0 Å². The third-order valence-corrected chi connectivity index (χ3v) is 7.14. The summed E-state index contributed by atoms with van der Waals surface area (Å²) in [6.45, 7) is 3.87. The fourth-order valence-corrected chi connectivity index (χ4v) is 5.85. The van der Waals surface area contributed by atoms with Crippen molar-refractivity contribution in [2.75, 3.05) is 6.54 Å². The molecular formula is C20H20N4OS2. The van der Waals surface area contributed by atoms with Crippen LogP contribution in [0.2, 0.25) is 0 Å². The Bertz CT molecular complexity index is 1080. The highest BCUT2D eigenvalue weighted by Crippen LogP contribution is 2.42. The van der Waals surface area contributed by atoms with Crippen molar-refractivity contribution in [2.24, 2.45) is 0 Å². The molecule has 1 aliphatic rings. The quantitative estimate of drug-likeness (QED) is 0.560. The normalized spacial score (nSPS) is 15.9. The number of nitrogens with zero attached hydrogens (tertiary/aromatic N) is 4. The largest absolute Gasteiger partial charge is 0.492 e. The lowest BCUT2D eigenvalue weighted by Gasteiger charge is -2.34. The monoisotopic (exact) mass is 396 g/mol. The summed E-state index contributed by atoms with van der Waals surface area (Å²) in [5.41, 5.74) is 2.80. The van der Waals surface area contributed by atoms with Crippen molar-refractivity contribution in [1.82, 2.24) is 19.5 Å². The van der Waals surface area contributed by atoms with Gasteiger partial charge in [-0.2, -0.15) is 4.52 Å². The number of aryl methyl sites for hydroxylation is 1. The molecule has 3 aromatic heterocycles. The van der Waals surface area contributed by atoms with E-state index in [-0.39, 0.29) is 11.9 Å². The summed E-state index contributed by atoms with van der Waals surface area (Å²) >= 11 is 3.28. The Hall–Kier alpha value is -2.22. The highest BCUT2D eigenvalue weighted by molar-refractivity contribution is 7.17. The van der Waals surface area contributed by atoms with E-state index in [4.69, 9.17) is 0 Å². The van der Waals surface area contributed by atoms with Gasteiger partial charge in [0.25, 0.3) is 0 Å². The zero-order valence-electron chi connectivity index (χ0n) is 15.0. The first kappa shape index (κ1) is 16.9. The van der Waals surface area contributed by atoms with Crippen LogP contribution in [0.25, 0.3) is 4.96 Å². The first-order valence-corrected chi connectivity index (χ1v) is 10.9. The minimum atomic E-state index is 0.0249. The van der Waals surface area contributed by atoms with Crippen molar-refractivity contribution < 1.29 is 5.11 Å². The van der Waals surface area contributed by atoms with Gasteiger partial charge in [0.15, 0.2) is 5.82 Å². The average molecular weight is 397 g/mol. The second kappa shape index (κ2) is 6.74. The summed E-state index contributed by atoms with van der Waals surface area (Å²) in [5, 5.41) is 17.5. The molecule has 1 aromatic carbocycles. The summed E-state index contributed by atoms with van der Waals surface area (Å²) in [6.07, 6.45) is 1.79. The van der Waals surface area contributed by atoms with Crippen molar-refractivity contribution in [1.29, 1.82) is 0 Å². The highest BCUT2D eigenvalue weighted by atomic mass is 32.1. The lowest BCUT2D eigenvalue weighted by Crippen LogP contribution is -2.34. The molecule has 0 amide bonds. The van der Waals surface area contributed by atoms with Crippen LogP contribution in [0.3, 0.4) is 0 Å². The Morgan fingerprint density at radius 1 is 1.19 bits per heavy atom. The number of thiophene rings is 1. The molecule has 4 heterocycles. The fraction of sp³-hybridized carbons (Fsp3) is 0.300. The summed E-state index contributed by atoms with van der Waals surface area (Å²) in [6, 6.07) is 12.9. The van der Waals surface area contributed by atoms with Gasteiger partial charge in [-0.25, -0.2) is 4.98 Å². The highest BCUT2D eigenvalue weighted by Gasteiger charge is 2.32. The van der Waals surface area contributed by atoms with Crippen LogP contribution in [0.4, 0.5) is 0 Å². The number of thiazole rings is 1. The third-order valence-electron chi connectivity index (χ3n) is 5.15. The van der Waals surface area contributed by atoms with E-state index in [2.05, 4.69) is 56.8 Å². The van der Waals surface area contributed by atoms with E-state index >= 15 is 0 Å². The van der Waals surface area contributed by atoms with E-state index in [0.717, 1.165) is 41.6 Å². The van der Waals surface area contributed by atoms with Crippen LogP contribution in [-0.2, 0) is 19.4 Å². The number of benzene rings is 1. The van der Waals surface area contributed by atoms with Crippen LogP contribution in [0, 0.1) is 0 Å². The topological polar surface area (TPSA) is 53.7 Å². The Balaban J connectivity index is 1.59. The van der Waals surface area contributed by atoms with Gasteiger partial charge in [0, 0.05) is 24.4 Å². The molecule has 0 aliphatic carbocycles. The summed E-state index contributed by atoms with van der Waals surface area (Å²) in [5.74, 6) is 0.988.